The zero-order valence-corrected chi connectivity index (χ0v) is 17.3. The predicted molar refractivity (Wildman–Crippen MR) is 110 cm³/mol. The lowest BCUT2D eigenvalue weighted by Gasteiger charge is -2.12. The van der Waals surface area contributed by atoms with Crippen LogP contribution in [0.25, 0.3) is 6.08 Å². The summed E-state index contributed by atoms with van der Waals surface area (Å²) >= 11 is 3.45. The highest BCUT2D eigenvalue weighted by molar-refractivity contribution is 9.10. The lowest BCUT2D eigenvalue weighted by atomic mass is 10.1. The van der Waals surface area contributed by atoms with Crippen molar-refractivity contribution in [3.05, 3.63) is 57.1 Å². The fraction of sp³-hybridized carbons (Fsp3) is 0.238. The van der Waals surface area contributed by atoms with E-state index in [9.17, 15) is 10.1 Å². The van der Waals surface area contributed by atoms with Crippen LogP contribution in [0.15, 0.2) is 40.4 Å². The minimum Gasteiger partial charge on any atom is -0.493 e. The van der Waals surface area contributed by atoms with Crippen molar-refractivity contribution >= 4 is 33.6 Å². The quantitative estimate of drug-likeness (QED) is 0.517. The molecule has 6 heteroatoms. The Hall–Kier alpha value is -2.78. The van der Waals surface area contributed by atoms with Gasteiger partial charge >= 0.3 is 0 Å². The third-order valence-electron chi connectivity index (χ3n) is 3.88. The van der Waals surface area contributed by atoms with Gasteiger partial charge in [-0.1, -0.05) is 33.6 Å². The Labute approximate surface area is 167 Å². The number of nitrogens with one attached hydrogen (secondary N) is 1. The minimum atomic E-state index is -0.468. The number of anilines is 1. The summed E-state index contributed by atoms with van der Waals surface area (Å²) in [6, 6.07) is 11.1. The number of carbonyl (C=O) groups excluding carboxylic acids is 1. The molecule has 140 valence electrons. The van der Waals surface area contributed by atoms with Gasteiger partial charge in [-0.2, -0.15) is 5.26 Å². The maximum Gasteiger partial charge on any atom is 0.266 e. The van der Waals surface area contributed by atoms with Crippen LogP contribution < -0.4 is 14.8 Å². The van der Waals surface area contributed by atoms with Gasteiger partial charge in [0.2, 0.25) is 0 Å². The van der Waals surface area contributed by atoms with Gasteiger partial charge in [0, 0.05) is 10.2 Å². The van der Waals surface area contributed by atoms with E-state index in [-0.39, 0.29) is 5.57 Å². The molecule has 0 spiro atoms. The molecule has 0 aliphatic rings. The van der Waals surface area contributed by atoms with Crippen molar-refractivity contribution in [2.75, 3.05) is 19.0 Å². The number of hydrogen-bond acceptors (Lipinski definition) is 4. The van der Waals surface area contributed by atoms with Crippen LogP contribution in [0.3, 0.4) is 0 Å². The molecule has 2 aromatic carbocycles. The van der Waals surface area contributed by atoms with Crippen molar-refractivity contribution in [1.29, 1.82) is 5.26 Å². The molecule has 1 N–H and O–H groups in total. The molecular weight excluding hydrogens is 408 g/mol. The van der Waals surface area contributed by atoms with Crippen molar-refractivity contribution in [2.45, 2.75) is 20.8 Å². The van der Waals surface area contributed by atoms with Crippen LogP contribution in [-0.4, -0.2) is 19.6 Å². The zero-order chi connectivity index (χ0) is 20.0. The first kappa shape index (κ1) is 20.5. The number of aryl methyl sites for hydroxylation is 2. The Morgan fingerprint density at radius 3 is 2.59 bits per heavy atom. The molecule has 2 rings (SSSR count). The van der Waals surface area contributed by atoms with E-state index in [4.69, 9.17) is 9.47 Å². The third-order valence-corrected chi connectivity index (χ3v) is 4.56. The highest BCUT2D eigenvalue weighted by Crippen LogP contribution is 2.34. The number of nitrogens with zero attached hydrogens (tertiary/aromatic N) is 1. The summed E-state index contributed by atoms with van der Waals surface area (Å²) in [6.07, 6.45) is 1.52. The van der Waals surface area contributed by atoms with Crippen molar-refractivity contribution in [3.8, 4) is 17.6 Å². The summed E-state index contributed by atoms with van der Waals surface area (Å²) in [7, 11) is 1.54. The molecule has 0 aliphatic carbocycles. The molecule has 0 atom stereocenters. The van der Waals surface area contributed by atoms with Crippen LogP contribution in [0.1, 0.15) is 23.6 Å². The SMILES string of the molecule is CCOc1cc(Br)c(/C=C(\C#N)C(=O)Nc2ccc(C)cc2C)cc1OC. The number of methoxy groups -OCH3 is 1. The first-order valence-corrected chi connectivity index (χ1v) is 9.19. The second-order valence-electron chi connectivity index (χ2n) is 5.90. The molecular formula is C21H21BrN2O3. The van der Waals surface area contributed by atoms with Gasteiger partial charge in [-0.25, -0.2) is 0 Å². The van der Waals surface area contributed by atoms with Gasteiger partial charge < -0.3 is 14.8 Å². The zero-order valence-electron chi connectivity index (χ0n) is 15.7. The second kappa shape index (κ2) is 9.24. The molecule has 0 aliphatic heterocycles. The van der Waals surface area contributed by atoms with Gasteiger partial charge in [-0.3, -0.25) is 4.79 Å². The molecule has 0 radical (unpaired) electrons. The maximum atomic E-state index is 12.5. The number of amides is 1. The van der Waals surface area contributed by atoms with Crippen LogP contribution >= 0.6 is 15.9 Å². The van der Waals surface area contributed by atoms with Crippen LogP contribution in [0.5, 0.6) is 11.5 Å². The van der Waals surface area contributed by atoms with Gasteiger partial charge in [0.05, 0.1) is 13.7 Å². The number of nitriles is 1. The topological polar surface area (TPSA) is 71.3 Å². The highest BCUT2D eigenvalue weighted by atomic mass is 79.9. The summed E-state index contributed by atoms with van der Waals surface area (Å²) in [6.45, 7) is 6.27. The fourth-order valence-corrected chi connectivity index (χ4v) is 2.97. The molecule has 0 heterocycles. The van der Waals surface area contributed by atoms with Gasteiger partial charge in [0.25, 0.3) is 5.91 Å². The number of halogens is 1. The molecule has 0 fully saturated rings. The van der Waals surface area contributed by atoms with Crippen molar-refractivity contribution in [2.24, 2.45) is 0 Å². The molecule has 5 nitrogen and oxygen atoms in total. The summed E-state index contributed by atoms with van der Waals surface area (Å²) in [4.78, 5) is 12.5. The van der Waals surface area contributed by atoms with Crippen LogP contribution in [-0.2, 0) is 4.79 Å². The summed E-state index contributed by atoms with van der Waals surface area (Å²) in [5.41, 5.74) is 3.34. The molecule has 0 unspecified atom stereocenters. The van der Waals surface area contributed by atoms with E-state index < -0.39 is 5.91 Å². The average molecular weight is 429 g/mol. The molecule has 27 heavy (non-hydrogen) atoms. The van der Waals surface area contributed by atoms with Gasteiger partial charge in [-0.15, -0.1) is 0 Å². The summed E-state index contributed by atoms with van der Waals surface area (Å²) in [5.74, 6) is 0.643. The minimum absolute atomic E-state index is 0.0121. The van der Waals surface area contributed by atoms with Crippen molar-refractivity contribution < 1.29 is 14.3 Å². The molecule has 0 saturated carbocycles. The first-order chi connectivity index (χ1) is 12.9. The van der Waals surface area contributed by atoms with Crippen molar-refractivity contribution in [3.63, 3.8) is 0 Å². The Morgan fingerprint density at radius 1 is 1.26 bits per heavy atom. The molecule has 2 aromatic rings. The molecule has 1 amide bonds. The van der Waals surface area contributed by atoms with E-state index in [0.717, 1.165) is 11.1 Å². The van der Waals surface area contributed by atoms with Gasteiger partial charge in [0.1, 0.15) is 11.6 Å². The van der Waals surface area contributed by atoms with E-state index in [1.54, 1.807) is 12.1 Å². The maximum absolute atomic E-state index is 12.5. The Morgan fingerprint density at radius 2 is 2.00 bits per heavy atom. The monoisotopic (exact) mass is 428 g/mol. The lowest BCUT2D eigenvalue weighted by Crippen LogP contribution is -2.14. The fourth-order valence-electron chi connectivity index (χ4n) is 2.54. The normalized spacial score (nSPS) is 10.9. The van der Waals surface area contributed by atoms with Crippen LogP contribution in [0.4, 0.5) is 5.69 Å². The van der Waals surface area contributed by atoms with Gasteiger partial charge in [0.15, 0.2) is 11.5 Å². The predicted octanol–water partition coefficient (Wildman–Crippen LogP) is 5.02. The Kier molecular flexibility index (Phi) is 7.03. The van der Waals surface area contributed by atoms with E-state index in [0.29, 0.717) is 33.8 Å². The Balaban J connectivity index is 2.34. The summed E-state index contributed by atoms with van der Waals surface area (Å²) in [5, 5.41) is 12.2. The van der Waals surface area contributed by atoms with Crippen LogP contribution in [0, 0.1) is 25.2 Å². The third kappa shape index (κ3) is 5.11. The number of carbonyl (C=O) groups is 1. The largest absolute Gasteiger partial charge is 0.493 e. The van der Waals surface area contributed by atoms with E-state index in [1.165, 1.54) is 13.2 Å². The Bertz CT molecular complexity index is 930. The first-order valence-electron chi connectivity index (χ1n) is 8.40. The van der Waals surface area contributed by atoms with Crippen LogP contribution in [0.2, 0.25) is 0 Å². The molecule has 0 bridgehead atoms. The highest BCUT2D eigenvalue weighted by Gasteiger charge is 2.14. The van der Waals surface area contributed by atoms with Crippen molar-refractivity contribution in [1.82, 2.24) is 0 Å². The standard InChI is InChI=1S/C21H21BrN2O3/c1-5-27-20-11-17(22)15(10-19(20)26-4)9-16(12-23)21(25)24-18-7-6-13(2)8-14(18)3/h6-11H,5H2,1-4H3,(H,24,25)/b16-9+. The second-order valence-corrected chi connectivity index (χ2v) is 6.75. The average Bonchev–Trinajstić information content (AvgIpc) is 2.63. The molecule has 0 saturated heterocycles. The number of benzene rings is 2. The lowest BCUT2D eigenvalue weighted by molar-refractivity contribution is -0.112. The molecule has 0 aromatic heterocycles. The van der Waals surface area contributed by atoms with E-state index in [2.05, 4.69) is 21.2 Å². The van der Waals surface area contributed by atoms with Gasteiger partial charge in [-0.05, 0) is 56.2 Å². The number of rotatable bonds is 6. The summed E-state index contributed by atoms with van der Waals surface area (Å²) < 4.78 is 11.6. The smallest absolute Gasteiger partial charge is 0.266 e. The number of ether oxygens (including phenoxy) is 2. The number of hydrogen-bond donors (Lipinski definition) is 1. The van der Waals surface area contributed by atoms with E-state index >= 15 is 0 Å². The van der Waals surface area contributed by atoms with E-state index in [1.807, 2.05) is 45.0 Å².